The first-order valence-corrected chi connectivity index (χ1v) is 6.23. The molecule has 7 heteroatoms. The highest BCUT2D eigenvalue weighted by Crippen LogP contribution is 2.27. The van der Waals surface area contributed by atoms with Crippen molar-refractivity contribution in [1.82, 2.24) is 15.5 Å². The minimum Gasteiger partial charge on any atom is -0.480 e. The Kier molecular flexibility index (Phi) is 4.03. The Morgan fingerprint density at radius 1 is 1.33 bits per heavy atom. The van der Waals surface area contributed by atoms with Gasteiger partial charge in [-0.3, -0.25) is 0 Å². The zero-order chi connectivity index (χ0) is 13.1. The van der Waals surface area contributed by atoms with Gasteiger partial charge in [-0.15, -0.1) is 0 Å². The number of fused-ring (bicyclic) bond motifs is 3. The van der Waals surface area contributed by atoms with Crippen LogP contribution in [-0.4, -0.2) is 65.4 Å². The van der Waals surface area contributed by atoms with E-state index in [1.807, 2.05) is 0 Å². The van der Waals surface area contributed by atoms with Crippen LogP contribution in [0.5, 0.6) is 0 Å². The SMILES string of the molecule is O=C(NC1CN2CCC1CC2)N[C@@H](CO)C(=O)O. The summed E-state index contributed by atoms with van der Waals surface area (Å²) in [7, 11) is 0. The molecule has 0 aromatic heterocycles. The molecule has 2 bridgehead atoms. The number of carboxylic acid groups (broad SMARTS) is 1. The second-order valence-corrected chi connectivity index (χ2v) is 4.94. The molecule has 102 valence electrons. The first-order chi connectivity index (χ1) is 8.60. The third-order valence-electron chi connectivity index (χ3n) is 3.76. The maximum absolute atomic E-state index is 11.6. The van der Waals surface area contributed by atoms with E-state index in [-0.39, 0.29) is 6.04 Å². The molecular formula is C11H19N3O4. The summed E-state index contributed by atoms with van der Waals surface area (Å²) in [4.78, 5) is 24.6. The van der Waals surface area contributed by atoms with Crippen LogP contribution >= 0.6 is 0 Å². The lowest BCUT2D eigenvalue weighted by molar-refractivity contribution is -0.140. The summed E-state index contributed by atoms with van der Waals surface area (Å²) in [5.74, 6) is -0.750. The van der Waals surface area contributed by atoms with Crippen LogP contribution < -0.4 is 10.6 Å². The van der Waals surface area contributed by atoms with E-state index in [4.69, 9.17) is 10.2 Å². The number of nitrogens with zero attached hydrogens (tertiary/aromatic N) is 1. The first-order valence-electron chi connectivity index (χ1n) is 6.23. The van der Waals surface area contributed by atoms with Gasteiger partial charge in [0.25, 0.3) is 0 Å². The number of hydrogen-bond donors (Lipinski definition) is 4. The Morgan fingerprint density at radius 3 is 2.44 bits per heavy atom. The molecule has 3 rings (SSSR count). The van der Waals surface area contributed by atoms with E-state index >= 15 is 0 Å². The molecule has 0 aliphatic carbocycles. The molecule has 3 fully saturated rings. The smallest absolute Gasteiger partial charge is 0.328 e. The molecule has 0 aromatic rings. The van der Waals surface area contributed by atoms with E-state index in [0.717, 1.165) is 32.5 Å². The minimum atomic E-state index is -1.24. The van der Waals surface area contributed by atoms with Crippen LogP contribution in [0.15, 0.2) is 0 Å². The molecule has 0 aromatic carbocycles. The quantitative estimate of drug-likeness (QED) is 0.508. The predicted molar refractivity (Wildman–Crippen MR) is 63.1 cm³/mol. The highest BCUT2D eigenvalue weighted by molar-refractivity contribution is 5.82. The maximum Gasteiger partial charge on any atom is 0.328 e. The Morgan fingerprint density at radius 2 is 2.00 bits per heavy atom. The van der Waals surface area contributed by atoms with Crippen molar-refractivity contribution >= 4 is 12.0 Å². The van der Waals surface area contributed by atoms with E-state index in [0.29, 0.717) is 5.92 Å². The number of rotatable bonds is 4. The average molecular weight is 257 g/mol. The van der Waals surface area contributed by atoms with Gasteiger partial charge in [-0.05, 0) is 31.8 Å². The molecule has 2 atom stereocenters. The fraction of sp³-hybridized carbons (Fsp3) is 0.818. The normalized spacial score (nSPS) is 31.7. The number of carbonyl (C=O) groups is 2. The number of carbonyl (C=O) groups excluding carboxylic acids is 1. The molecule has 3 aliphatic heterocycles. The molecule has 1 unspecified atom stereocenters. The van der Waals surface area contributed by atoms with E-state index < -0.39 is 24.6 Å². The first kappa shape index (κ1) is 13.1. The molecule has 3 heterocycles. The van der Waals surface area contributed by atoms with Crippen LogP contribution in [0.3, 0.4) is 0 Å². The molecule has 4 N–H and O–H groups in total. The summed E-state index contributed by atoms with van der Waals surface area (Å²) < 4.78 is 0. The number of aliphatic carboxylic acids is 1. The number of nitrogens with one attached hydrogen (secondary N) is 2. The molecule has 7 nitrogen and oxygen atoms in total. The van der Waals surface area contributed by atoms with Crippen molar-refractivity contribution in [2.24, 2.45) is 5.92 Å². The van der Waals surface area contributed by atoms with E-state index in [9.17, 15) is 9.59 Å². The highest BCUT2D eigenvalue weighted by atomic mass is 16.4. The summed E-state index contributed by atoms with van der Waals surface area (Å²) in [6.45, 7) is 2.38. The molecule has 18 heavy (non-hydrogen) atoms. The molecular weight excluding hydrogens is 238 g/mol. The van der Waals surface area contributed by atoms with Gasteiger partial charge in [-0.25, -0.2) is 9.59 Å². The van der Waals surface area contributed by atoms with Gasteiger partial charge in [0, 0.05) is 12.6 Å². The summed E-state index contributed by atoms with van der Waals surface area (Å²) in [6.07, 6.45) is 2.15. The van der Waals surface area contributed by atoms with Crippen molar-refractivity contribution in [1.29, 1.82) is 0 Å². The lowest BCUT2D eigenvalue weighted by atomic mass is 9.84. The van der Waals surface area contributed by atoms with E-state index in [1.165, 1.54) is 0 Å². The van der Waals surface area contributed by atoms with Gasteiger partial charge < -0.3 is 25.7 Å². The van der Waals surface area contributed by atoms with Gasteiger partial charge in [-0.1, -0.05) is 0 Å². The molecule has 2 amide bonds. The van der Waals surface area contributed by atoms with E-state index in [2.05, 4.69) is 15.5 Å². The zero-order valence-electron chi connectivity index (χ0n) is 10.1. The van der Waals surface area contributed by atoms with Crippen molar-refractivity contribution in [3.8, 4) is 0 Å². The number of urea groups is 1. The molecule has 0 spiro atoms. The van der Waals surface area contributed by atoms with E-state index in [1.54, 1.807) is 0 Å². The lowest BCUT2D eigenvalue weighted by Gasteiger charge is -2.44. The van der Waals surface area contributed by atoms with Crippen molar-refractivity contribution in [2.75, 3.05) is 26.2 Å². The third-order valence-corrected chi connectivity index (χ3v) is 3.76. The van der Waals surface area contributed by atoms with Crippen LogP contribution in [-0.2, 0) is 4.79 Å². The zero-order valence-corrected chi connectivity index (χ0v) is 10.1. The summed E-state index contributed by atoms with van der Waals surface area (Å²) in [5.41, 5.74) is 0. The fourth-order valence-electron chi connectivity index (χ4n) is 2.68. The minimum absolute atomic E-state index is 0.0839. The number of amides is 2. The fourth-order valence-corrected chi connectivity index (χ4v) is 2.68. The number of aliphatic hydroxyl groups excluding tert-OH is 1. The second kappa shape index (κ2) is 5.53. The highest BCUT2D eigenvalue weighted by Gasteiger charge is 2.35. The summed E-state index contributed by atoms with van der Waals surface area (Å²) >= 11 is 0. The van der Waals surface area contributed by atoms with Gasteiger partial charge in [-0.2, -0.15) is 0 Å². The van der Waals surface area contributed by atoms with Crippen LogP contribution in [0.4, 0.5) is 4.79 Å². The molecule has 3 saturated heterocycles. The van der Waals surface area contributed by atoms with Gasteiger partial charge in [0.15, 0.2) is 6.04 Å². The van der Waals surface area contributed by atoms with Gasteiger partial charge >= 0.3 is 12.0 Å². The maximum atomic E-state index is 11.6. The Bertz CT molecular complexity index is 328. The van der Waals surface area contributed by atoms with Crippen molar-refractivity contribution < 1.29 is 19.8 Å². The average Bonchev–Trinajstić information content (AvgIpc) is 2.37. The van der Waals surface area contributed by atoms with Crippen LogP contribution in [0.2, 0.25) is 0 Å². The Hall–Kier alpha value is -1.34. The number of carboxylic acids is 1. The lowest BCUT2D eigenvalue weighted by Crippen LogP contribution is -2.60. The van der Waals surface area contributed by atoms with Crippen molar-refractivity contribution in [3.63, 3.8) is 0 Å². The number of piperidine rings is 3. The third kappa shape index (κ3) is 2.91. The Balaban J connectivity index is 1.82. The molecule has 3 aliphatic rings. The van der Waals surface area contributed by atoms with Crippen LogP contribution in [0, 0.1) is 5.92 Å². The van der Waals surface area contributed by atoms with Crippen molar-refractivity contribution in [3.05, 3.63) is 0 Å². The second-order valence-electron chi connectivity index (χ2n) is 4.94. The molecule has 0 radical (unpaired) electrons. The predicted octanol–water partition coefficient (Wildman–Crippen LogP) is -1.17. The number of hydrogen-bond acceptors (Lipinski definition) is 4. The Labute approximate surface area is 105 Å². The molecule has 0 saturated carbocycles. The summed E-state index contributed by atoms with van der Waals surface area (Å²) in [6, 6.07) is -1.68. The van der Waals surface area contributed by atoms with Crippen LogP contribution in [0.25, 0.3) is 0 Å². The summed E-state index contributed by atoms with van der Waals surface area (Å²) in [5, 5.41) is 22.6. The van der Waals surface area contributed by atoms with Gasteiger partial charge in [0.1, 0.15) is 0 Å². The van der Waals surface area contributed by atoms with Gasteiger partial charge in [0.2, 0.25) is 0 Å². The topological polar surface area (TPSA) is 102 Å². The van der Waals surface area contributed by atoms with Gasteiger partial charge in [0.05, 0.1) is 6.61 Å². The standard InChI is InChI=1S/C11H19N3O4/c15-6-9(10(16)17)13-11(18)12-8-5-14-3-1-7(8)2-4-14/h7-9,15H,1-6H2,(H,16,17)(H2,12,13,18)/t8?,9-/m0/s1. The van der Waals surface area contributed by atoms with Crippen LogP contribution in [0.1, 0.15) is 12.8 Å². The van der Waals surface area contributed by atoms with Crippen molar-refractivity contribution in [2.45, 2.75) is 24.9 Å². The largest absolute Gasteiger partial charge is 0.480 e. The number of aliphatic hydroxyl groups is 1. The monoisotopic (exact) mass is 257 g/mol.